The number of urea groups is 1. The number of hydrogen-bond acceptors (Lipinski definition) is 24. The highest BCUT2D eigenvalue weighted by atomic mass is 32.2. The lowest BCUT2D eigenvalue weighted by Crippen LogP contribution is -2.54. The van der Waals surface area contributed by atoms with Crippen LogP contribution in [0.2, 0.25) is 0 Å². The molecule has 39 heteroatoms. The Balaban J connectivity index is 0.978. The van der Waals surface area contributed by atoms with E-state index in [0.717, 1.165) is 30.3 Å². The first-order chi connectivity index (χ1) is 54.7. The molecular formula is C75H110N18O20S. The summed E-state index contributed by atoms with van der Waals surface area (Å²) in [7, 11) is 0. The van der Waals surface area contributed by atoms with Crippen LogP contribution in [-0.4, -0.2) is 250 Å². The van der Waals surface area contributed by atoms with Crippen molar-refractivity contribution in [3.05, 3.63) is 88.2 Å². The number of amidine groups is 1. The minimum atomic E-state index is -1.29. The second kappa shape index (κ2) is 51.7. The molecule has 5 rings (SSSR count). The third kappa shape index (κ3) is 35.9. The summed E-state index contributed by atoms with van der Waals surface area (Å²) in [5.74, 6) is -7.52. The van der Waals surface area contributed by atoms with Crippen molar-refractivity contribution < 1.29 is 95.9 Å². The second-order valence-corrected chi connectivity index (χ2v) is 28.1. The van der Waals surface area contributed by atoms with Crippen LogP contribution in [0.25, 0.3) is 6.08 Å². The summed E-state index contributed by atoms with van der Waals surface area (Å²) < 4.78 is 27.4. The molecule has 2 aliphatic rings. The Labute approximate surface area is 665 Å². The number of rotatable bonds is 53. The van der Waals surface area contributed by atoms with Crippen LogP contribution in [0.3, 0.4) is 0 Å². The summed E-state index contributed by atoms with van der Waals surface area (Å²) in [6.07, 6.45) is 5.66. The van der Waals surface area contributed by atoms with Gasteiger partial charge in [-0.2, -0.15) is 0 Å². The molecule has 14 amide bonds. The number of carboxylic acids is 1. The summed E-state index contributed by atoms with van der Waals surface area (Å²) in [6, 6.07) is 9.01. The normalized spacial score (nSPS) is 13.2. The predicted molar refractivity (Wildman–Crippen MR) is 422 cm³/mol. The second-order valence-electron chi connectivity index (χ2n) is 26.8. The van der Waals surface area contributed by atoms with Crippen LogP contribution in [0, 0.1) is 5.92 Å². The molecule has 0 radical (unpaired) electrons. The van der Waals surface area contributed by atoms with Gasteiger partial charge in [-0.3, -0.25) is 62.5 Å². The van der Waals surface area contributed by atoms with E-state index in [0.29, 0.717) is 90.2 Å². The number of amides is 14. The molecule has 19 N–H and O–H groups in total. The molecule has 114 heavy (non-hydrogen) atoms. The number of primary amides is 2. The number of carbonyl (C=O) groups excluding carboxylic acids is 13. The van der Waals surface area contributed by atoms with Gasteiger partial charge in [0.05, 0.1) is 108 Å². The van der Waals surface area contributed by atoms with Gasteiger partial charge in [-0.1, -0.05) is 52.3 Å². The van der Waals surface area contributed by atoms with Gasteiger partial charge < -0.3 is 115 Å². The minimum Gasteiger partial charge on any atom is -0.481 e. The lowest BCUT2D eigenvalue weighted by molar-refractivity contribution is -0.138. The number of unbranched alkanes of at least 4 members (excludes halogenated alkanes) is 2. The highest BCUT2D eigenvalue weighted by Crippen LogP contribution is 2.30. The summed E-state index contributed by atoms with van der Waals surface area (Å²) in [6.45, 7) is 10.2. The van der Waals surface area contributed by atoms with Crippen molar-refractivity contribution in [3.8, 4) is 0 Å². The van der Waals surface area contributed by atoms with Crippen LogP contribution in [0.1, 0.15) is 131 Å². The fraction of sp³-hybridized carbons (Fsp3) is 0.547. The Bertz CT molecular complexity index is 3810. The zero-order chi connectivity index (χ0) is 83.3. The van der Waals surface area contributed by atoms with Crippen molar-refractivity contribution in [1.82, 2.24) is 57.3 Å². The first-order valence-corrected chi connectivity index (χ1v) is 38.9. The number of nitrogens with zero attached hydrogens (tertiary/aromatic N) is 4. The van der Waals surface area contributed by atoms with E-state index in [2.05, 4.69) is 63.1 Å². The van der Waals surface area contributed by atoms with Gasteiger partial charge in [0.25, 0.3) is 5.91 Å². The molecule has 4 atom stereocenters. The molecule has 0 saturated heterocycles. The molecule has 1 aromatic heterocycles. The van der Waals surface area contributed by atoms with Crippen LogP contribution in [-0.2, 0) is 96.0 Å². The van der Waals surface area contributed by atoms with Gasteiger partial charge in [-0.25, -0.2) is 14.6 Å². The van der Waals surface area contributed by atoms with E-state index in [4.69, 9.17) is 46.6 Å². The number of aromatic nitrogens is 1. The van der Waals surface area contributed by atoms with Crippen molar-refractivity contribution in [2.75, 3.05) is 128 Å². The summed E-state index contributed by atoms with van der Waals surface area (Å²) in [5.41, 5.74) is 27.0. The van der Waals surface area contributed by atoms with Crippen LogP contribution < -0.4 is 76.1 Å². The largest absolute Gasteiger partial charge is 0.481 e. The molecule has 0 fully saturated rings. The predicted octanol–water partition coefficient (Wildman–Crippen LogP) is 0.453. The number of pyridine rings is 1. The van der Waals surface area contributed by atoms with Crippen molar-refractivity contribution in [2.24, 2.45) is 33.8 Å². The van der Waals surface area contributed by atoms with Gasteiger partial charge in [0.15, 0.2) is 0 Å². The number of benzene rings is 2. The standard InChI is InChI=1S/C75H110N18O20S/c1-5-24-92(25-6-2)73(106)51-35-49-15-16-50(37-57(49)88-60(77)38-51)69(102)87-54-36-52-44-93(26-19-55(52)83-41-54)75(108)113-45-48-13-17-53(18-14-48)86-70(103)56(11-10-22-82-74(79)107)90-72(105)67(47(3)4)91-61(94)12-8-7-9-21-81-71(104)59(39-66(99)100)114-46-58(68(78)101)89-62(95)20-27-109-29-31-111-33-34-112-32-30-110-28-23-80-64(97)42-85-65(98)43-84-63(96)40-76/h13-18,35-37,41,47,56,58-59,67H,5-12,19-34,38-40,42-46,76H2,1-4H3,(H2,77,88)(H2,78,101)(H,80,97)(H,81,104)(H,84,96)(H,85,98)(H,86,103)(H,87,102)(H,89,95)(H,90,105)(H,91,94)(H,99,100)(H3,79,82,107). The maximum Gasteiger partial charge on any atom is 0.410 e. The Morgan fingerprint density at radius 2 is 1.30 bits per heavy atom. The number of ether oxygens (including phenoxy) is 5. The molecule has 2 aliphatic heterocycles. The van der Waals surface area contributed by atoms with Gasteiger partial charge in [-0.05, 0) is 92.0 Å². The van der Waals surface area contributed by atoms with Crippen LogP contribution in [0.15, 0.2) is 65.3 Å². The molecule has 4 unspecified atom stereocenters. The van der Waals surface area contributed by atoms with Gasteiger partial charge in [0.2, 0.25) is 59.1 Å². The number of aliphatic imine (C=N–C) groups is 1. The first-order valence-electron chi connectivity index (χ1n) is 37.9. The average molecular weight is 1620 g/mol. The number of nitrogens with one attached hydrogen (secondary N) is 10. The zero-order valence-corrected chi connectivity index (χ0v) is 65.8. The molecule has 0 spiro atoms. The number of anilines is 2. The first kappa shape index (κ1) is 93.7. The zero-order valence-electron chi connectivity index (χ0n) is 65.0. The van der Waals surface area contributed by atoms with E-state index in [1.54, 1.807) is 74.7 Å². The highest BCUT2D eigenvalue weighted by Gasteiger charge is 2.31. The van der Waals surface area contributed by atoms with Crippen molar-refractivity contribution in [2.45, 2.75) is 141 Å². The smallest absolute Gasteiger partial charge is 0.410 e. The Morgan fingerprint density at radius 3 is 1.95 bits per heavy atom. The van der Waals surface area contributed by atoms with E-state index in [9.17, 15) is 72.2 Å². The number of thioether (sulfide) groups is 1. The number of carboxylic acid groups (broad SMARTS) is 1. The lowest BCUT2D eigenvalue weighted by Gasteiger charge is -2.28. The number of aliphatic carboxylic acids is 1. The van der Waals surface area contributed by atoms with Crippen molar-refractivity contribution >= 4 is 124 Å². The number of hydrogen-bond donors (Lipinski definition) is 15. The quantitative estimate of drug-likeness (QED) is 0.0341. The van der Waals surface area contributed by atoms with E-state index in [1.165, 1.54) is 4.90 Å². The van der Waals surface area contributed by atoms with Crippen LogP contribution in [0.5, 0.6) is 0 Å². The van der Waals surface area contributed by atoms with Gasteiger partial charge >= 0.3 is 18.1 Å². The number of carbonyl (C=O) groups is 14. The molecule has 0 aliphatic carbocycles. The molecule has 3 aromatic rings. The Morgan fingerprint density at radius 1 is 0.649 bits per heavy atom. The van der Waals surface area contributed by atoms with E-state index in [1.807, 2.05) is 18.7 Å². The molecule has 0 saturated carbocycles. The summed E-state index contributed by atoms with van der Waals surface area (Å²) >= 11 is 0.827. The highest BCUT2D eigenvalue weighted by molar-refractivity contribution is 8.00. The van der Waals surface area contributed by atoms with Gasteiger partial charge in [0, 0.05) is 98.8 Å². The molecular weight excluding hydrogens is 1500 g/mol. The topological polar surface area (TPSA) is 561 Å². The maximum atomic E-state index is 13.9. The number of fused-ring (bicyclic) bond motifs is 2. The third-order valence-corrected chi connectivity index (χ3v) is 18.5. The Hall–Kier alpha value is -10.9. The van der Waals surface area contributed by atoms with Gasteiger partial charge in [0.1, 0.15) is 30.6 Å². The molecule has 626 valence electrons. The van der Waals surface area contributed by atoms with Gasteiger partial charge in [-0.15, -0.1) is 11.8 Å². The summed E-state index contributed by atoms with van der Waals surface area (Å²) in [5, 5.41) is 34.4. The van der Waals surface area contributed by atoms with Crippen LogP contribution in [0.4, 0.5) is 26.7 Å². The third-order valence-electron chi connectivity index (χ3n) is 17.2. The summed E-state index contributed by atoms with van der Waals surface area (Å²) in [4.78, 5) is 190. The minimum absolute atomic E-state index is 0.00917. The van der Waals surface area contributed by atoms with E-state index in [-0.39, 0.29) is 155 Å². The van der Waals surface area contributed by atoms with Crippen LogP contribution >= 0.6 is 11.8 Å². The average Bonchev–Trinajstić information content (AvgIpc) is 1.15. The van der Waals surface area contributed by atoms with E-state index < -0.39 is 113 Å². The fourth-order valence-electron chi connectivity index (χ4n) is 11.3. The molecule has 38 nitrogen and oxygen atoms in total. The molecule has 2 aromatic carbocycles. The molecule has 0 bridgehead atoms. The van der Waals surface area contributed by atoms with Crippen molar-refractivity contribution in [1.29, 1.82) is 0 Å². The SMILES string of the molecule is CCCN(CCC)C(=O)C1=Cc2ccc(C(=O)Nc3cnc4c(c3)CN(C(=O)OCc3ccc(NC(=O)C(CCCNC(N)=O)NC(=O)C(NC(=O)CCCCCNC(=O)C(CC(=O)O)SCC(NC(=O)CCOCCOCCOCCOCCNC(=O)CNC(=O)CNC(=O)CN)C(N)=O)C(C)C)cc3)CC4)cc2N=C(N)C1. The maximum absolute atomic E-state index is 13.9. The van der Waals surface area contributed by atoms with E-state index >= 15 is 0 Å². The Kier molecular flexibility index (Phi) is 42.5. The monoisotopic (exact) mass is 1610 g/mol. The lowest BCUT2D eigenvalue weighted by atomic mass is 10.0. The fourth-order valence-corrected chi connectivity index (χ4v) is 12.4. The number of nitrogens with two attached hydrogens (primary N) is 4. The molecule has 3 heterocycles. The van der Waals surface area contributed by atoms with Crippen molar-refractivity contribution in [3.63, 3.8) is 0 Å².